The Hall–Kier alpha value is -2.56. The highest BCUT2D eigenvalue weighted by Crippen LogP contribution is 2.44. The lowest BCUT2D eigenvalue weighted by molar-refractivity contribution is -0.141. The monoisotopic (exact) mass is 612 g/mol. The van der Waals surface area contributed by atoms with Gasteiger partial charge in [-0.2, -0.15) is 13.2 Å². The fourth-order valence-corrected chi connectivity index (χ4v) is 6.85. The normalized spacial score (nSPS) is 16.5. The minimum Gasteiger partial charge on any atom is -0.497 e. The van der Waals surface area contributed by atoms with E-state index in [-0.39, 0.29) is 22.8 Å². The van der Waals surface area contributed by atoms with Gasteiger partial charge in [0.1, 0.15) is 11.9 Å². The van der Waals surface area contributed by atoms with Crippen LogP contribution in [0.4, 0.5) is 17.6 Å². The van der Waals surface area contributed by atoms with E-state index in [2.05, 4.69) is 9.88 Å². The number of fused-ring (bicyclic) bond motifs is 1. The molecule has 1 aliphatic heterocycles. The Morgan fingerprint density at radius 2 is 1.95 bits per heavy atom. The Bertz CT molecular complexity index is 1350. The maximum absolute atomic E-state index is 15.8. The molecule has 1 saturated heterocycles. The van der Waals surface area contributed by atoms with E-state index < -0.39 is 29.3 Å². The predicted molar refractivity (Wildman–Crippen MR) is 154 cm³/mol. The molecule has 1 atom stereocenters. The lowest BCUT2D eigenvalue weighted by Gasteiger charge is -2.41. The number of rotatable bonds is 12. The van der Waals surface area contributed by atoms with Crippen molar-refractivity contribution in [1.82, 2.24) is 9.88 Å². The third-order valence-electron chi connectivity index (χ3n) is 7.82. The molecule has 222 valence electrons. The van der Waals surface area contributed by atoms with Crippen molar-refractivity contribution < 1.29 is 32.2 Å². The van der Waals surface area contributed by atoms with Crippen LogP contribution in [0.5, 0.6) is 5.75 Å². The number of methoxy groups -OCH3 is 1. The number of pyridine rings is 1. The van der Waals surface area contributed by atoms with E-state index in [1.807, 2.05) is 0 Å². The molecule has 1 N–H and O–H groups in total. The van der Waals surface area contributed by atoms with Gasteiger partial charge < -0.3 is 14.7 Å². The number of aromatic nitrogens is 1. The van der Waals surface area contributed by atoms with Crippen molar-refractivity contribution in [3.05, 3.63) is 64.8 Å². The van der Waals surface area contributed by atoms with Crippen LogP contribution in [0.15, 0.2) is 53.6 Å². The molecule has 41 heavy (non-hydrogen) atoms. The van der Waals surface area contributed by atoms with Gasteiger partial charge in [-0.05, 0) is 93.2 Å². The Morgan fingerprint density at radius 1 is 1.22 bits per heavy atom. The van der Waals surface area contributed by atoms with Crippen molar-refractivity contribution in [3.8, 4) is 5.75 Å². The van der Waals surface area contributed by atoms with E-state index in [0.717, 1.165) is 6.07 Å². The summed E-state index contributed by atoms with van der Waals surface area (Å²) in [6, 6.07) is 10.8. The summed E-state index contributed by atoms with van der Waals surface area (Å²) in [5.41, 5.74) is -0.225. The van der Waals surface area contributed by atoms with Gasteiger partial charge in [-0.1, -0.05) is 23.7 Å². The largest absolute Gasteiger partial charge is 0.497 e. The fraction of sp³-hybridized carbons (Fsp3) is 0.467. The van der Waals surface area contributed by atoms with Crippen LogP contribution in [0.1, 0.15) is 55.8 Å². The molecule has 0 radical (unpaired) electrons. The molecular weight excluding hydrogens is 580 g/mol. The number of thioether (sulfide) groups is 1. The summed E-state index contributed by atoms with van der Waals surface area (Å²) >= 11 is 7.58. The minimum atomic E-state index is -4.38. The van der Waals surface area contributed by atoms with Crippen molar-refractivity contribution in [2.24, 2.45) is 5.41 Å². The maximum Gasteiger partial charge on any atom is 0.417 e. The molecule has 0 spiro atoms. The van der Waals surface area contributed by atoms with Gasteiger partial charge in [0.25, 0.3) is 0 Å². The van der Waals surface area contributed by atoms with E-state index in [9.17, 15) is 23.1 Å². The highest BCUT2D eigenvalue weighted by Gasteiger charge is 2.37. The number of hydrogen-bond acceptors (Lipinski definition) is 5. The third-order valence-corrected chi connectivity index (χ3v) is 9.28. The van der Waals surface area contributed by atoms with E-state index in [0.29, 0.717) is 73.3 Å². The topological polar surface area (TPSA) is 62.7 Å². The van der Waals surface area contributed by atoms with Crippen molar-refractivity contribution >= 4 is 40.2 Å². The first-order chi connectivity index (χ1) is 19.5. The molecule has 0 saturated carbocycles. The van der Waals surface area contributed by atoms with Crippen LogP contribution in [0.2, 0.25) is 5.02 Å². The third kappa shape index (κ3) is 8.05. The predicted octanol–water partition coefficient (Wildman–Crippen LogP) is 8.45. The van der Waals surface area contributed by atoms with Gasteiger partial charge in [-0.3, -0.25) is 9.78 Å². The molecule has 0 aliphatic carbocycles. The quantitative estimate of drug-likeness (QED) is 0.126. The molecule has 5 nitrogen and oxygen atoms in total. The molecule has 1 aromatic heterocycles. The summed E-state index contributed by atoms with van der Waals surface area (Å²) < 4.78 is 60.8. The lowest BCUT2D eigenvalue weighted by atomic mass is 9.71. The number of piperidine rings is 1. The zero-order valence-corrected chi connectivity index (χ0v) is 24.3. The van der Waals surface area contributed by atoms with Crippen LogP contribution in [0.25, 0.3) is 10.9 Å². The second-order valence-corrected chi connectivity index (χ2v) is 12.1. The molecule has 2 aromatic carbocycles. The standard InChI is InChI=1S/C30H33ClF4N2O3S/c1-40-20-7-8-25-21(17-20)28(23(31)19-36-25)24(32)9-10-29(18-27(38)39)11-14-37(15-12-29)13-4-16-41-26-6-3-2-5-22(26)30(33,34)35/h2-3,5-8,17,19,24H,4,9-16,18H2,1H3,(H,38,39)/t24-/m0/s1. The summed E-state index contributed by atoms with van der Waals surface area (Å²) in [4.78, 5) is 18.5. The van der Waals surface area contributed by atoms with Crippen LogP contribution in [0, 0.1) is 5.41 Å². The summed E-state index contributed by atoms with van der Waals surface area (Å²) in [6.07, 6.45) is -1.97. The van der Waals surface area contributed by atoms with Crippen LogP contribution < -0.4 is 4.74 Å². The molecule has 0 unspecified atom stereocenters. The van der Waals surface area contributed by atoms with E-state index >= 15 is 4.39 Å². The van der Waals surface area contributed by atoms with Crippen molar-refractivity contribution in [1.29, 1.82) is 0 Å². The molecule has 11 heteroatoms. The second-order valence-electron chi connectivity index (χ2n) is 10.5. The van der Waals surface area contributed by atoms with Gasteiger partial charge in [0.15, 0.2) is 0 Å². The van der Waals surface area contributed by atoms with Gasteiger partial charge in [-0.25, -0.2) is 4.39 Å². The number of carboxylic acids is 1. The van der Waals surface area contributed by atoms with E-state index in [1.165, 1.54) is 37.2 Å². The van der Waals surface area contributed by atoms with Gasteiger partial charge >= 0.3 is 12.1 Å². The first-order valence-corrected chi connectivity index (χ1v) is 14.9. The van der Waals surface area contributed by atoms with Crippen LogP contribution in [0.3, 0.4) is 0 Å². The smallest absolute Gasteiger partial charge is 0.417 e. The lowest BCUT2D eigenvalue weighted by Crippen LogP contribution is -2.41. The summed E-state index contributed by atoms with van der Waals surface area (Å²) in [5, 5.41) is 10.4. The number of likely N-dealkylation sites (tertiary alicyclic amines) is 1. The highest BCUT2D eigenvalue weighted by atomic mass is 35.5. The zero-order valence-electron chi connectivity index (χ0n) is 22.7. The fourth-order valence-electron chi connectivity index (χ4n) is 5.57. The second kappa shape index (κ2) is 13.6. The molecule has 0 bridgehead atoms. The number of halogens is 5. The number of hydrogen-bond donors (Lipinski definition) is 1. The Kier molecular flexibility index (Phi) is 10.4. The summed E-state index contributed by atoms with van der Waals surface area (Å²) in [7, 11) is 1.53. The average Bonchev–Trinajstić information content (AvgIpc) is 2.94. The van der Waals surface area contributed by atoms with Crippen LogP contribution in [-0.4, -0.2) is 53.5 Å². The molecule has 4 rings (SSSR count). The van der Waals surface area contributed by atoms with Gasteiger partial charge in [0.05, 0.1) is 29.6 Å². The number of nitrogens with zero attached hydrogens (tertiary/aromatic N) is 2. The number of aliphatic carboxylic acids is 1. The number of carboxylic acid groups (broad SMARTS) is 1. The molecule has 1 fully saturated rings. The SMILES string of the molecule is COc1ccc2ncc(Cl)c([C@@H](F)CCC3(CC(=O)O)CCN(CCCSc4ccccc4C(F)(F)F)CC3)c2c1. The number of ether oxygens (including phenoxy) is 1. The van der Waals surface area contributed by atoms with Crippen molar-refractivity contribution in [2.45, 2.75) is 55.8 Å². The van der Waals surface area contributed by atoms with Crippen LogP contribution in [-0.2, 0) is 11.0 Å². The van der Waals surface area contributed by atoms with E-state index in [1.54, 1.807) is 24.3 Å². The molecule has 1 aliphatic rings. The Balaban J connectivity index is 1.34. The molecule has 2 heterocycles. The zero-order chi connectivity index (χ0) is 29.6. The number of carbonyl (C=O) groups is 1. The molecular formula is C30H33ClF4N2O3S. The van der Waals surface area contributed by atoms with Crippen molar-refractivity contribution in [3.63, 3.8) is 0 Å². The van der Waals surface area contributed by atoms with Crippen molar-refractivity contribution in [2.75, 3.05) is 32.5 Å². The number of benzene rings is 2. The Morgan fingerprint density at radius 3 is 2.63 bits per heavy atom. The Labute approximate surface area is 246 Å². The van der Waals surface area contributed by atoms with Crippen LogP contribution >= 0.6 is 23.4 Å². The van der Waals surface area contributed by atoms with Gasteiger partial charge in [-0.15, -0.1) is 11.8 Å². The molecule has 0 amide bonds. The van der Waals surface area contributed by atoms with Gasteiger partial charge in [0.2, 0.25) is 0 Å². The van der Waals surface area contributed by atoms with Gasteiger partial charge in [0, 0.05) is 22.0 Å². The maximum atomic E-state index is 15.8. The highest BCUT2D eigenvalue weighted by molar-refractivity contribution is 7.99. The average molecular weight is 613 g/mol. The first-order valence-electron chi connectivity index (χ1n) is 13.5. The first kappa shape index (κ1) is 31.4. The summed E-state index contributed by atoms with van der Waals surface area (Å²) in [6.45, 7) is 2.02. The van der Waals surface area contributed by atoms with E-state index in [4.69, 9.17) is 16.3 Å². The molecule has 3 aromatic rings. The summed E-state index contributed by atoms with van der Waals surface area (Å²) in [5.74, 6) is 0.192. The number of alkyl halides is 4. The minimum absolute atomic E-state index is 0.0454.